The average molecular weight is 241 g/mol. The molecule has 102 valence electrons. The molecule has 0 spiro atoms. The zero-order valence-electron chi connectivity index (χ0n) is 12.4. The van der Waals surface area contributed by atoms with Crippen molar-refractivity contribution in [2.45, 2.75) is 73.1 Å². The first-order valence-corrected chi connectivity index (χ1v) is 7.10. The van der Waals surface area contributed by atoms with Crippen molar-refractivity contribution in [3.63, 3.8) is 0 Å². The molecule has 2 nitrogen and oxygen atoms in total. The van der Waals surface area contributed by atoms with Crippen LogP contribution in [-0.4, -0.2) is 12.5 Å². The molecule has 0 rings (SSSR count). The van der Waals surface area contributed by atoms with Gasteiger partial charge < -0.3 is 5.32 Å². The first-order chi connectivity index (χ1) is 7.83. The lowest BCUT2D eigenvalue weighted by Gasteiger charge is -2.17. The Morgan fingerprint density at radius 2 is 1.53 bits per heavy atom. The maximum Gasteiger partial charge on any atom is 0.222 e. The van der Waals surface area contributed by atoms with E-state index in [1.165, 1.54) is 32.1 Å². The normalized spacial score (nSPS) is 11.9. The van der Waals surface area contributed by atoms with Gasteiger partial charge in [0.2, 0.25) is 5.91 Å². The highest BCUT2D eigenvalue weighted by atomic mass is 16.1. The summed E-state index contributed by atoms with van der Waals surface area (Å²) in [5.74, 6) is 0.291. The van der Waals surface area contributed by atoms with E-state index in [0.717, 1.165) is 13.0 Å². The average Bonchev–Trinajstić information content (AvgIpc) is 2.19. The van der Waals surface area contributed by atoms with Gasteiger partial charge in [0.25, 0.3) is 0 Å². The lowest BCUT2D eigenvalue weighted by Crippen LogP contribution is -2.28. The van der Waals surface area contributed by atoms with Crippen molar-refractivity contribution in [2.24, 2.45) is 11.3 Å². The summed E-state index contributed by atoms with van der Waals surface area (Å²) in [4.78, 5) is 11.3. The first kappa shape index (κ1) is 16.5. The zero-order chi connectivity index (χ0) is 13.3. The molecule has 0 heterocycles. The number of amides is 1. The molecule has 1 amide bonds. The van der Waals surface area contributed by atoms with Crippen LogP contribution in [0.4, 0.5) is 0 Å². The largest absolute Gasteiger partial charge is 0.356 e. The fourth-order valence-corrected chi connectivity index (χ4v) is 1.73. The molecular weight excluding hydrogens is 210 g/mol. The number of hydrogen-bond acceptors (Lipinski definition) is 1. The van der Waals surface area contributed by atoms with Crippen molar-refractivity contribution in [2.75, 3.05) is 6.54 Å². The van der Waals surface area contributed by atoms with E-state index >= 15 is 0 Å². The number of carbonyl (C=O) groups excluding carboxylic acids is 1. The molecule has 0 aromatic carbocycles. The Labute approximate surface area is 108 Å². The highest BCUT2D eigenvalue weighted by Crippen LogP contribution is 2.22. The minimum Gasteiger partial charge on any atom is -0.356 e. The molecule has 0 aliphatic carbocycles. The molecule has 0 unspecified atom stereocenters. The number of nitrogens with one attached hydrogen (secondary N) is 1. The van der Waals surface area contributed by atoms with Crippen molar-refractivity contribution in [3.8, 4) is 0 Å². The predicted octanol–water partition coefficient (Wildman–Crippen LogP) is 4.15. The lowest BCUT2D eigenvalue weighted by molar-refractivity contribution is -0.123. The van der Waals surface area contributed by atoms with Crippen LogP contribution >= 0.6 is 0 Å². The summed E-state index contributed by atoms with van der Waals surface area (Å²) in [6.45, 7) is 11.6. The second kappa shape index (κ2) is 8.54. The third-order valence-electron chi connectivity index (χ3n) is 2.93. The molecule has 17 heavy (non-hydrogen) atoms. The molecular formula is C15H31NO. The Kier molecular flexibility index (Phi) is 8.28. The second-order valence-corrected chi connectivity index (χ2v) is 6.52. The molecule has 0 aliphatic rings. The summed E-state index contributed by atoms with van der Waals surface area (Å²) in [7, 11) is 0. The van der Waals surface area contributed by atoms with Crippen LogP contribution in [-0.2, 0) is 4.79 Å². The van der Waals surface area contributed by atoms with Crippen molar-refractivity contribution in [3.05, 3.63) is 0 Å². The van der Waals surface area contributed by atoms with Gasteiger partial charge >= 0.3 is 0 Å². The Morgan fingerprint density at radius 3 is 2.06 bits per heavy atom. The van der Waals surface area contributed by atoms with Gasteiger partial charge in [0.15, 0.2) is 0 Å². The smallest absolute Gasteiger partial charge is 0.222 e. The molecule has 0 radical (unpaired) electrons. The first-order valence-electron chi connectivity index (χ1n) is 7.10. The van der Waals surface area contributed by atoms with Crippen molar-refractivity contribution >= 4 is 5.91 Å². The zero-order valence-corrected chi connectivity index (χ0v) is 12.4. The summed E-state index contributed by atoms with van der Waals surface area (Å²) < 4.78 is 0. The van der Waals surface area contributed by atoms with Crippen LogP contribution in [0.3, 0.4) is 0 Å². The van der Waals surface area contributed by atoms with Crippen LogP contribution in [0.5, 0.6) is 0 Å². The van der Waals surface area contributed by atoms with Gasteiger partial charge in [0, 0.05) is 12.5 Å². The topological polar surface area (TPSA) is 29.1 Å². The number of carbonyl (C=O) groups is 1. The van der Waals surface area contributed by atoms with E-state index in [1.54, 1.807) is 0 Å². The highest BCUT2D eigenvalue weighted by molar-refractivity contribution is 5.77. The highest BCUT2D eigenvalue weighted by Gasteiger charge is 2.08. The van der Waals surface area contributed by atoms with E-state index in [-0.39, 0.29) is 11.8 Å². The van der Waals surface area contributed by atoms with Crippen LogP contribution < -0.4 is 5.32 Å². The predicted molar refractivity (Wildman–Crippen MR) is 75.0 cm³/mol. The Balaban J connectivity index is 3.22. The van der Waals surface area contributed by atoms with E-state index < -0.39 is 0 Å². The minimum atomic E-state index is 0.113. The van der Waals surface area contributed by atoms with Crippen molar-refractivity contribution in [1.82, 2.24) is 5.32 Å². The maximum atomic E-state index is 11.3. The van der Waals surface area contributed by atoms with E-state index in [1.807, 2.05) is 13.8 Å². The van der Waals surface area contributed by atoms with E-state index in [9.17, 15) is 4.79 Å². The third-order valence-corrected chi connectivity index (χ3v) is 2.93. The quantitative estimate of drug-likeness (QED) is 0.636. The standard InChI is InChI=1S/C15H31NO/c1-13(2)14(17)16-12-10-8-6-7-9-11-15(3,4)5/h13H,6-12H2,1-5H3,(H,16,17). The summed E-state index contributed by atoms with van der Waals surface area (Å²) in [6, 6.07) is 0. The summed E-state index contributed by atoms with van der Waals surface area (Å²) >= 11 is 0. The Hall–Kier alpha value is -0.530. The second-order valence-electron chi connectivity index (χ2n) is 6.52. The maximum absolute atomic E-state index is 11.3. The Bertz CT molecular complexity index is 203. The SMILES string of the molecule is CC(C)C(=O)NCCCCCCCC(C)(C)C. The van der Waals surface area contributed by atoms with Gasteiger partial charge in [0.05, 0.1) is 0 Å². The van der Waals surface area contributed by atoms with E-state index in [2.05, 4.69) is 26.1 Å². The molecule has 0 aromatic heterocycles. The minimum absolute atomic E-state index is 0.113. The molecule has 0 saturated heterocycles. The number of hydrogen-bond donors (Lipinski definition) is 1. The molecule has 0 aliphatic heterocycles. The van der Waals surface area contributed by atoms with Gasteiger partial charge in [-0.05, 0) is 18.3 Å². The van der Waals surface area contributed by atoms with E-state index in [0.29, 0.717) is 5.41 Å². The monoisotopic (exact) mass is 241 g/mol. The van der Waals surface area contributed by atoms with Gasteiger partial charge in [-0.2, -0.15) is 0 Å². The van der Waals surface area contributed by atoms with Gasteiger partial charge in [-0.25, -0.2) is 0 Å². The molecule has 0 saturated carbocycles. The molecule has 0 fully saturated rings. The molecule has 2 heteroatoms. The number of rotatable bonds is 8. The molecule has 0 bridgehead atoms. The third kappa shape index (κ3) is 11.7. The summed E-state index contributed by atoms with van der Waals surface area (Å²) in [5, 5.41) is 2.96. The molecule has 0 aromatic rings. The van der Waals surface area contributed by atoms with Crippen LogP contribution in [0.25, 0.3) is 0 Å². The summed E-state index contributed by atoms with van der Waals surface area (Å²) in [5.41, 5.74) is 0.477. The fourth-order valence-electron chi connectivity index (χ4n) is 1.73. The van der Waals surface area contributed by atoms with Gasteiger partial charge in [0.1, 0.15) is 0 Å². The molecule has 0 atom stereocenters. The van der Waals surface area contributed by atoms with Crippen molar-refractivity contribution < 1.29 is 4.79 Å². The van der Waals surface area contributed by atoms with Gasteiger partial charge in [-0.15, -0.1) is 0 Å². The fraction of sp³-hybridized carbons (Fsp3) is 0.933. The van der Waals surface area contributed by atoms with Crippen LogP contribution in [0.1, 0.15) is 73.1 Å². The van der Waals surface area contributed by atoms with Gasteiger partial charge in [-0.3, -0.25) is 4.79 Å². The van der Waals surface area contributed by atoms with Crippen molar-refractivity contribution in [1.29, 1.82) is 0 Å². The van der Waals surface area contributed by atoms with Crippen LogP contribution in [0, 0.1) is 11.3 Å². The van der Waals surface area contributed by atoms with Gasteiger partial charge in [-0.1, -0.05) is 60.3 Å². The summed E-state index contributed by atoms with van der Waals surface area (Å²) in [6.07, 6.45) is 7.64. The van der Waals surface area contributed by atoms with E-state index in [4.69, 9.17) is 0 Å². The number of unbranched alkanes of at least 4 members (excludes halogenated alkanes) is 4. The van der Waals surface area contributed by atoms with Crippen LogP contribution in [0.15, 0.2) is 0 Å². The lowest BCUT2D eigenvalue weighted by atomic mass is 9.89. The molecule has 1 N–H and O–H groups in total. The Morgan fingerprint density at radius 1 is 1.00 bits per heavy atom. The van der Waals surface area contributed by atoms with Crippen LogP contribution in [0.2, 0.25) is 0 Å².